The first-order valence-corrected chi connectivity index (χ1v) is 7.29. The Kier molecular flexibility index (Phi) is 5.46. The summed E-state index contributed by atoms with van der Waals surface area (Å²) in [5.41, 5.74) is 2.95. The van der Waals surface area contributed by atoms with Gasteiger partial charge in [0, 0.05) is 19.3 Å². The first-order chi connectivity index (χ1) is 8.90. The second-order valence-electron chi connectivity index (χ2n) is 5.08. The summed E-state index contributed by atoms with van der Waals surface area (Å²) in [6.07, 6.45) is 12.1. The Morgan fingerprint density at radius 3 is 3.11 bits per heavy atom. The standard InChI is InChI=1S/C15H25N3/c1-2-12-18-15(9-11-17-18)13-16-10-8-14-6-4-3-5-7-14/h6,9,11,16H,2-5,7-8,10,12-13H2,1H3. The molecule has 0 saturated carbocycles. The van der Waals surface area contributed by atoms with Gasteiger partial charge in [0.1, 0.15) is 0 Å². The molecule has 2 rings (SSSR count). The van der Waals surface area contributed by atoms with Crippen LogP contribution in [0.5, 0.6) is 0 Å². The monoisotopic (exact) mass is 247 g/mol. The lowest BCUT2D eigenvalue weighted by Crippen LogP contribution is -2.18. The molecule has 0 spiro atoms. The van der Waals surface area contributed by atoms with Gasteiger partial charge >= 0.3 is 0 Å². The minimum absolute atomic E-state index is 0.938. The first-order valence-electron chi connectivity index (χ1n) is 7.29. The Balaban J connectivity index is 1.68. The number of aryl methyl sites for hydroxylation is 1. The molecule has 100 valence electrons. The van der Waals surface area contributed by atoms with Crippen molar-refractivity contribution >= 4 is 0 Å². The van der Waals surface area contributed by atoms with Crippen LogP contribution in [0.15, 0.2) is 23.9 Å². The fourth-order valence-corrected chi connectivity index (χ4v) is 2.52. The second-order valence-corrected chi connectivity index (χ2v) is 5.08. The summed E-state index contributed by atoms with van der Waals surface area (Å²) in [5, 5.41) is 7.87. The van der Waals surface area contributed by atoms with Crippen molar-refractivity contribution in [2.75, 3.05) is 6.54 Å². The molecule has 0 radical (unpaired) electrons. The molecule has 18 heavy (non-hydrogen) atoms. The van der Waals surface area contributed by atoms with Crippen LogP contribution in [0, 0.1) is 0 Å². The second kappa shape index (κ2) is 7.37. The van der Waals surface area contributed by atoms with Crippen LogP contribution >= 0.6 is 0 Å². The van der Waals surface area contributed by atoms with Crippen LogP contribution < -0.4 is 5.32 Å². The van der Waals surface area contributed by atoms with Gasteiger partial charge in [-0.25, -0.2) is 0 Å². The number of rotatable bonds is 7. The van der Waals surface area contributed by atoms with Crippen molar-refractivity contribution in [3.8, 4) is 0 Å². The minimum atomic E-state index is 0.938. The first kappa shape index (κ1) is 13.3. The van der Waals surface area contributed by atoms with Crippen LogP contribution in [0.25, 0.3) is 0 Å². The zero-order chi connectivity index (χ0) is 12.6. The molecule has 0 amide bonds. The van der Waals surface area contributed by atoms with Gasteiger partial charge in [-0.2, -0.15) is 5.10 Å². The van der Waals surface area contributed by atoms with Gasteiger partial charge < -0.3 is 5.32 Å². The van der Waals surface area contributed by atoms with Gasteiger partial charge in [-0.05, 0) is 51.1 Å². The summed E-state index contributed by atoms with van der Waals surface area (Å²) < 4.78 is 2.10. The number of allylic oxidation sites excluding steroid dienone is 1. The maximum Gasteiger partial charge on any atom is 0.0522 e. The van der Waals surface area contributed by atoms with E-state index in [9.17, 15) is 0 Å². The van der Waals surface area contributed by atoms with E-state index in [1.54, 1.807) is 5.57 Å². The number of nitrogens with one attached hydrogen (secondary N) is 1. The Morgan fingerprint density at radius 2 is 2.33 bits per heavy atom. The van der Waals surface area contributed by atoms with Crippen LogP contribution in [0.4, 0.5) is 0 Å². The van der Waals surface area contributed by atoms with E-state index in [2.05, 4.69) is 34.2 Å². The van der Waals surface area contributed by atoms with Crippen LogP contribution in [0.2, 0.25) is 0 Å². The van der Waals surface area contributed by atoms with Gasteiger partial charge in [0.05, 0.1) is 5.69 Å². The van der Waals surface area contributed by atoms with Crippen LogP contribution in [-0.2, 0) is 13.1 Å². The Morgan fingerprint density at radius 1 is 1.39 bits per heavy atom. The van der Waals surface area contributed by atoms with E-state index in [4.69, 9.17) is 0 Å². The van der Waals surface area contributed by atoms with Crippen molar-refractivity contribution in [3.05, 3.63) is 29.6 Å². The van der Waals surface area contributed by atoms with Gasteiger partial charge in [0.25, 0.3) is 0 Å². The van der Waals surface area contributed by atoms with Crippen molar-refractivity contribution in [1.29, 1.82) is 0 Å². The summed E-state index contributed by atoms with van der Waals surface area (Å²) in [6, 6.07) is 2.11. The third-order valence-corrected chi connectivity index (χ3v) is 3.55. The molecule has 1 N–H and O–H groups in total. The molecule has 3 heteroatoms. The van der Waals surface area contributed by atoms with Crippen LogP contribution in [0.1, 0.15) is 51.1 Å². The molecule has 1 aliphatic carbocycles. The van der Waals surface area contributed by atoms with E-state index in [1.165, 1.54) is 37.8 Å². The predicted octanol–water partition coefficient (Wildman–Crippen LogP) is 3.27. The average Bonchev–Trinajstić information content (AvgIpc) is 2.84. The molecule has 0 fully saturated rings. The normalized spacial score (nSPS) is 15.7. The zero-order valence-corrected chi connectivity index (χ0v) is 11.5. The smallest absolute Gasteiger partial charge is 0.0522 e. The lowest BCUT2D eigenvalue weighted by Gasteiger charge is -2.13. The third kappa shape index (κ3) is 3.98. The van der Waals surface area contributed by atoms with Crippen molar-refractivity contribution < 1.29 is 0 Å². The fourth-order valence-electron chi connectivity index (χ4n) is 2.52. The van der Waals surface area contributed by atoms with Gasteiger partial charge in [0.15, 0.2) is 0 Å². The fraction of sp³-hybridized carbons (Fsp3) is 0.667. The molecule has 0 saturated heterocycles. The Bertz CT molecular complexity index is 379. The van der Waals surface area contributed by atoms with Gasteiger partial charge in [-0.1, -0.05) is 18.6 Å². The van der Waals surface area contributed by atoms with Crippen LogP contribution in [0.3, 0.4) is 0 Å². The lowest BCUT2D eigenvalue weighted by atomic mass is 9.97. The van der Waals surface area contributed by atoms with E-state index in [-0.39, 0.29) is 0 Å². The van der Waals surface area contributed by atoms with E-state index in [0.717, 1.165) is 26.1 Å². The van der Waals surface area contributed by atoms with Crippen molar-refractivity contribution in [3.63, 3.8) is 0 Å². The number of hydrogen-bond acceptors (Lipinski definition) is 2. The van der Waals surface area contributed by atoms with Gasteiger partial charge in [-0.15, -0.1) is 0 Å². The number of aromatic nitrogens is 2. The molecule has 1 heterocycles. The summed E-state index contributed by atoms with van der Waals surface area (Å²) in [7, 11) is 0. The molecule has 1 aromatic heterocycles. The van der Waals surface area contributed by atoms with Crippen molar-refractivity contribution in [2.45, 2.75) is 58.5 Å². The molecule has 3 nitrogen and oxygen atoms in total. The summed E-state index contributed by atoms with van der Waals surface area (Å²) in [5.74, 6) is 0. The van der Waals surface area contributed by atoms with Crippen LogP contribution in [-0.4, -0.2) is 16.3 Å². The van der Waals surface area contributed by atoms with E-state index < -0.39 is 0 Å². The highest BCUT2D eigenvalue weighted by atomic mass is 15.3. The van der Waals surface area contributed by atoms with Crippen molar-refractivity contribution in [1.82, 2.24) is 15.1 Å². The van der Waals surface area contributed by atoms with E-state index >= 15 is 0 Å². The zero-order valence-electron chi connectivity index (χ0n) is 11.5. The molecule has 1 aliphatic rings. The molecular formula is C15H25N3. The van der Waals surface area contributed by atoms with Crippen molar-refractivity contribution in [2.24, 2.45) is 0 Å². The summed E-state index contributed by atoms with van der Waals surface area (Å²) in [4.78, 5) is 0. The highest BCUT2D eigenvalue weighted by molar-refractivity contribution is 5.05. The maximum atomic E-state index is 4.34. The quantitative estimate of drug-likeness (QED) is 0.592. The molecule has 1 aromatic rings. The molecule has 0 bridgehead atoms. The van der Waals surface area contributed by atoms with Gasteiger partial charge in [-0.3, -0.25) is 4.68 Å². The third-order valence-electron chi connectivity index (χ3n) is 3.55. The summed E-state index contributed by atoms with van der Waals surface area (Å²) in [6.45, 7) is 5.24. The SMILES string of the molecule is CCCn1nccc1CNCCC1=CCCCC1. The highest BCUT2D eigenvalue weighted by Crippen LogP contribution is 2.19. The lowest BCUT2D eigenvalue weighted by molar-refractivity contribution is 0.547. The molecule has 0 aliphatic heterocycles. The molecular weight excluding hydrogens is 222 g/mol. The largest absolute Gasteiger partial charge is 0.311 e. The maximum absolute atomic E-state index is 4.34. The average molecular weight is 247 g/mol. The number of nitrogens with zero attached hydrogens (tertiary/aromatic N) is 2. The Hall–Kier alpha value is -1.09. The molecule has 0 aromatic carbocycles. The molecule has 0 atom stereocenters. The van der Waals surface area contributed by atoms with Gasteiger partial charge in [0.2, 0.25) is 0 Å². The topological polar surface area (TPSA) is 29.9 Å². The Labute approximate surface area is 110 Å². The highest BCUT2D eigenvalue weighted by Gasteiger charge is 2.04. The summed E-state index contributed by atoms with van der Waals surface area (Å²) >= 11 is 0. The van der Waals surface area contributed by atoms with E-state index in [1.807, 2.05) is 6.20 Å². The number of hydrogen-bond donors (Lipinski definition) is 1. The minimum Gasteiger partial charge on any atom is -0.311 e. The van der Waals surface area contributed by atoms with E-state index in [0.29, 0.717) is 0 Å². The molecule has 0 unspecified atom stereocenters. The predicted molar refractivity (Wildman–Crippen MR) is 75.4 cm³/mol.